The number of amides is 3. The Bertz CT molecular complexity index is 702. The highest BCUT2D eigenvalue weighted by Crippen LogP contribution is 2.07. The zero-order valence-corrected chi connectivity index (χ0v) is 12.0. The van der Waals surface area contributed by atoms with Gasteiger partial charge in [0.1, 0.15) is 5.82 Å². The predicted octanol–water partition coefficient (Wildman–Crippen LogP) is 1.52. The molecule has 3 amide bonds. The molecule has 0 atom stereocenters. The van der Waals surface area contributed by atoms with Gasteiger partial charge in [-0.2, -0.15) is 0 Å². The molecule has 0 fully saturated rings. The third kappa shape index (κ3) is 5.24. The lowest BCUT2D eigenvalue weighted by molar-refractivity contribution is -0.136. The fraction of sp³-hybridized carbons (Fsp3) is 0.0625. The van der Waals surface area contributed by atoms with Gasteiger partial charge in [-0.05, 0) is 36.4 Å². The molecule has 0 aromatic heterocycles. The van der Waals surface area contributed by atoms with Crippen LogP contribution in [0.5, 0.6) is 0 Å². The fourth-order valence-corrected chi connectivity index (χ4v) is 1.69. The van der Waals surface area contributed by atoms with E-state index in [1.54, 1.807) is 30.3 Å². The first-order valence-electron chi connectivity index (χ1n) is 6.74. The van der Waals surface area contributed by atoms with Gasteiger partial charge in [-0.3, -0.25) is 14.4 Å². The summed E-state index contributed by atoms with van der Waals surface area (Å²) in [7, 11) is 0. The van der Waals surface area contributed by atoms with E-state index in [0.717, 1.165) is 0 Å². The smallest absolute Gasteiger partial charge is 0.313 e. The molecule has 0 aliphatic carbocycles. The number of hydrogen-bond acceptors (Lipinski definition) is 3. The lowest BCUT2D eigenvalue weighted by atomic mass is 10.3. The van der Waals surface area contributed by atoms with Crippen LogP contribution in [0.25, 0.3) is 0 Å². The molecule has 0 aliphatic heterocycles. The Labute approximate surface area is 131 Å². The van der Waals surface area contributed by atoms with Gasteiger partial charge >= 0.3 is 11.8 Å². The van der Waals surface area contributed by atoms with Crippen LogP contribution in [-0.4, -0.2) is 24.3 Å². The highest BCUT2D eigenvalue weighted by atomic mass is 19.1. The van der Waals surface area contributed by atoms with Gasteiger partial charge in [0.15, 0.2) is 0 Å². The number of carbonyl (C=O) groups is 3. The molecule has 0 aliphatic rings. The van der Waals surface area contributed by atoms with E-state index in [2.05, 4.69) is 16.0 Å². The molecule has 3 N–H and O–H groups in total. The maximum atomic E-state index is 12.7. The third-order valence-corrected chi connectivity index (χ3v) is 2.78. The van der Waals surface area contributed by atoms with Crippen LogP contribution >= 0.6 is 0 Å². The predicted molar refractivity (Wildman–Crippen MR) is 83.1 cm³/mol. The highest BCUT2D eigenvalue weighted by Gasteiger charge is 2.14. The molecule has 6 nitrogen and oxygen atoms in total. The van der Waals surface area contributed by atoms with Gasteiger partial charge in [0, 0.05) is 11.4 Å². The monoisotopic (exact) mass is 315 g/mol. The molecule has 0 heterocycles. The first kappa shape index (κ1) is 16.2. The summed E-state index contributed by atoms with van der Waals surface area (Å²) >= 11 is 0. The van der Waals surface area contributed by atoms with Gasteiger partial charge in [-0.15, -0.1) is 0 Å². The van der Waals surface area contributed by atoms with Crippen LogP contribution < -0.4 is 16.0 Å². The van der Waals surface area contributed by atoms with Crippen LogP contribution in [0.2, 0.25) is 0 Å². The molecule has 0 saturated heterocycles. The number of rotatable bonds is 4. The van der Waals surface area contributed by atoms with Crippen LogP contribution in [0.1, 0.15) is 0 Å². The molecule has 0 unspecified atom stereocenters. The minimum atomic E-state index is -0.928. The molecule has 0 saturated carbocycles. The van der Waals surface area contributed by atoms with E-state index in [-0.39, 0.29) is 6.54 Å². The molecule has 0 spiro atoms. The standard InChI is InChI=1S/C16H14FN3O3/c17-11-6-8-13(9-7-11)19-14(21)10-18-15(22)16(23)20-12-4-2-1-3-5-12/h1-9H,10H2,(H,18,22)(H,19,21)(H,20,23). The first-order valence-corrected chi connectivity index (χ1v) is 6.74. The number of nitrogens with one attached hydrogen (secondary N) is 3. The van der Waals surface area contributed by atoms with Crippen LogP contribution in [0, 0.1) is 5.82 Å². The van der Waals surface area contributed by atoms with Crippen molar-refractivity contribution >= 4 is 29.1 Å². The summed E-state index contributed by atoms with van der Waals surface area (Å²) < 4.78 is 12.7. The second kappa shape index (κ2) is 7.69. The topological polar surface area (TPSA) is 87.3 Å². The molecule has 0 radical (unpaired) electrons. The van der Waals surface area contributed by atoms with Crippen molar-refractivity contribution in [1.82, 2.24) is 5.32 Å². The quantitative estimate of drug-likeness (QED) is 0.748. The van der Waals surface area contributed by atoms with Crippen LogP contribution in [0.15, 0.2) is 54.6 Å². The van der Waals surface area contributed by atoms with Crippen molar-refractivity contribution in [2.24, 2.45) is 0 Å². The molecule has 2 aromatic carbocycles. The van der Waals surface area contributed by atoms with E-state index in [1.807, 2.05) is 0 Å². The Kier molecular flexibility index (Phi) is 5.40. The van der Waals surface area contributed by atoms with Gasteiger partial charge in [-0.25, -0.2) is 4.39 Å². The van der Waals surface area contributed by atoms with E-state index in [4.69, 9.17) is 0 Å². The van der Waals surface area contributed by atoms with Crippen molar-refractivity contribution in [3.63, 3.8) is 0 Å². The second-order valence-electron chi connectivity index (χ2n) is 4.56. The van der Waals surface area contributed by atoms with E-state index in [1.165, 1.54) is 24.3 Å². The van der Waals surface area contributed by atoms with Crippen LogP contribution in [0.3, 0.4) is 0 Å². The van der Waals surface area contributed by atoms with Crippen molar-refractivity contribution in [1.29, 1.82) is 0 Å². The average Bonchev–Trinajstić information content (AvgIpc) is 2.55. The summed E-state index contributed by atoms with van der Waals surface area (Å²) in [6.45, 7) is -0.377. The first-order chi connectivity index (χ1) is 11.0. The zero-order chi connectivity index (χ0) is 16.7. The maximum Gasteiger partial charge on any atom is 0.313 e. The fourth-order valence-electron chi connectivity index (χ4n) is 1.69. The normalized spacial score (nSPS) is 9.78. The third-order valence-electron chi connectivity index (χ3n) is 2.78. The summed E-state index contributed by atoms with van der Waals surface area (Å²) in [6, 6.07) is 13.6. The number of hydrogen-bond donors (Lipinski definition) is 3. The number of para-hydroxylation sites is 1. The van der Waals surface area contributed by atoms with Crippen molar-refractivity contribution in [2.45, 2.75) is 0 Å². The Morgan fingerprint density at radius 2 is 1.39 bits per heavy atom. The molecule has 23 heavy (non-hydrogen) atoms. The molecular formula is C16H14FN3O3. The van der Waals surface area contributed by atoms with E-state index in [9.17, 15) is 18.8 Å². The number of halogens is 1. The van der Waals surface area contributed by atoms with E-state index in [0.29, 0.717) is 11.4 Å². The molecule has 0 bridgehead atoms. The Balaban J connectivity index is 1.78. The second-order valence-corrected chi connectivity index (χ2v) is 4.56. The molecular weight excluding hydrogens is 301 g/mol. The summed E-state index contributed by atoms with van der Waals surface area (Å²) in [5.74, 6) is -2.75. The minimum Gasteiger partial charge on any atom is -0.339 e. The molecule has 2 aromatic rings. The Morgan fingerprint density at radius 3 is 2.04 bits per heavy atom. The average molecular weight is 315 g/mol. The number of carbonyl (C=O) groups excluding carboxylic acids is 3. The molecule has 2 rings (SSSR count). The van der Waals surface area contributed by atoms with Gasteiger partial charge < -0.3 is 16.0 Å². The van der Waals surface area contributed by atoms with Gasteiger partial charge in [-0.1, -0.05) is 18.2 Å². The van der Waals surface area contributed by atoms with Gasteiger partial charge in [0.05, 0.1) is 6.54 Å². The summed E-state index contributed by atoms with van der Waals surface area (Å²) in [5.41, 5.74) is 0.864. The van der Waals surface area contributed by atoms with E-state index >= 15 is 0 Å². The van der Waals surface area contributed by atoms with Gasteiger partial charge in [0.2, 0.25) is 5.91 Å². The lowest BCUT2D eigenvalue weighted by Gasteiger charge is -2.07. The maximum absolute atomic E-state index is 12.7. The van der Waals surface area contributed by atoms with E-state index < -0.39 is 23.5 Å². The Hall–Kier alpha value is -3.22. The number of benzene rings is 2. The van der Waals surface area contributed by atoms with Crippen molar-refractivity contribution in [3.8, 4) is 0 Å². The van der Waals surface area contributed by atoms with Crippen LogP contribution in [-0.2, 0) is 14.4 Å². The van der Waals surface area contributed by atoms with Crippen LogP contribution in [0.4, 0.5) is 15.8 Å². The summed E-state index contributed by atoms with van der Waals surface area (Å²) in [5, 5.41) is 7.06. The lowest BCUT2D eigenvalue weighted by Crippen LogP contribution is -2.39. The van der Waals surface area contributed by atoms with Gasteiger partial charge in [0.25, 0.3) is 0 Å². The highest BCUT2D eigenvalue weighted by molar-refractivity contribution is 6.39. The molecule has 118 valence electrons. The van der Waals surface area contributed by atoms with Crippen molar-refractivity contribution < 1.29 is 18.8 Å². The summed E-state index contributed by atoms with van der Waals surface area (Å²) in [6.07, 6.45) is 0. The number of anilines is 2. The van der Waals surface area contributed by atoms with Crippen molar-refractivity contribution in [3.05, 3.63) is 60.4 Å². The van der Waals surface area contributed by atoms with Crippen molar-refractivity contribution in [2.75, 3.05) is 17.2 Å². The Morgan fingerprint density at radius 1 is 0.783 bits per heavy atom. The molecule has 7 heteroatoms. The summed E-state index contributed by atoms with van der Waals surface area (Å²) in [4.78, 5) is 34.9. The SMILES string of the molecule is O=C(CNC(=O)C(=O)Nc1ccccc1)Nc1ccc(F)cc1. The minimum absolute atomic E-state index is 0.377. The zero-order valence-electron chi connectivity index (χ0n) is 12.0. The largest absolute Gasteiger partial charge is 0.339 e.